The van der Waals surface area contributed by atoms with Crippen molar-refractivity contribution in [2.75, 3.05) is 26.3 Å². The molecule has 1 amide bonds. The van der Waals surface area contributed by atoms with Crippen molar-refractivity contribution in [3.8, 4) is 0 Å². The number of benzene rings is 3. The predicted molar refractivity (Wildman–Crippen MR) is 138 cm³/mol. The molecule has 0 atom stereocenters. The van der Waals surface area contributed by atoms with Crippen molar-refractivity contribution in [1.82, 2.24) is 19.7 Å². The molecule has 35 heavy (non-hydrogen) atoms. The van der Waals surface area contributed by atoms with Crippen LogP contribution in [0.5, 0.6) is 0 Å². The molecule has 0 bridgehead atoms. The summed E-state index contributed by atoms with van der Waals surface area (Å²) in [5.74, 6) is 1.64. The van der Waals surface area contributed by atoms with Crippen LogP contribution in [0, 0.1) is 0 Å². The van der Waals surface area contributed by atoms with Crippen molar-refractivity contribution in [2.24, 2.45) is 0 Å². The number of aromatic nitrogens is 3. The summed E-state index contributed by atoms with van der Waals surface area (Å²) in [5, 5.41) is 9.96. The van der Waals surface area contributed by atoms with Gasteiger partial charge < -0.3 is 14.2 Å². The number of carbonyl (C=O) groups is 1. The average Bonchev–Trinajstić information content (AvgIpc) is 3.29. The maximum Gasteiger partial charge on any atom is 0.254 e. The van der Waals surface area contributed by atoms with Crippen LogP contribution in [0.15, 0.2) is 90.1 Å². The monoisotopic (exact) mass is 484 g/mol. The number of morpholine rings is 1. The molecule has 1 aliphatic rings. The molecule has 1 aliphatic heterocycles. The Balaban J connectivity index is 1.38. The fourth-order valence-corrected chi connectivity index (χ4v) is 5.15. The van der Waals surface area contributed by atoms with Gasteiger partial charge in [0.15, 0.2) is 5.16 Å². The van der Waals surface area contributed by atoms with E-state index < -0.39 is 0 Å². The molecule has 5 rings (SSSR count). The smallest absolute Gasteiger partial charge is 0.254 e. The second kappa shape index (κ2) is 11.3. The van der Waals surface area contributed by atoms with Crippen molar-refractivity contribution in [2.45, 2.75) is 23.9 Å². The lowest BCUT2D eigenvalue weighted by Crippen LogP contribution is -2.41. The van der Waals surface area contributed by atoms with Crippen LogP contribution in [-0.2, 0) is 23.5 Å². The largest absolute Gasteiger partial charge is 0.378 e. The number of rotatable bonds is 8. The van der Waals surface area contributed by atoms with Gasteiger partial charge in [-0.25, -0.2) is 0 Å². The average molecular weight is 485 g/mol. The summed E-state index contributed by atoms with van der Waals surface area (Å²) in [6.45, 7) is 3.15. The first-order valence-corrected chi connectivity index (χ1v) is 12.8. The Morgan fingerprint density at radius 1 is 0.829 bits per heavy atom. The van der Waals surface area contributed by atoms with Crippen LogP contribution >= 0.6 is 11.8 Å². The molecule has 0 aliphatic carbocycles. The third-order valence-electron chi connectivity index (χ3n) is 6.08. The summed E-state index contributed by atoms with van der Waals surface area (Å²) in [6.07, 6.45) is 0.716. The molecule has 0 unspecified atom stereocenters. The van der Waals surface area contributed by atoms with Gasteiger partial charge in [-0.3, -0.25) is 4.79 Å². The van der Waals surface area contributed by atoms with Gasteiger partial charge in [-0.2, -0.15) is 0 Å². The van der Waals surface area contributed by atoms with Gasteiger partial charge in [-0.1, -0.05) is 90.6 Å². The van der Waals surface area contributed by atoms with Gasteiger partial charge >= 0.3 is 0 Å². The summed E-state index contributed by atoms with van der Waals surface area (Å²) in [6, 6.07) is 28.6. The number of hydrogen-bond donors (Lipinski definition) is 0. The van der Waals surface area contributed by atoms with Crippen molar-refractivity contribution in [3.63, 3.8) is 0 Å². The number of amides is 1. The van der Waals surface area contributed by atoms with Gasteiger partial charge in [0.05, 0.1) is 19.8 Å². The Morgan fingerprint density at radius 2 is 1.49 bits per heavy atom. The van der Waals surface area contributed by atoms with E-state index in [1.165, 1.54) is 11.1 Å². The second-order valence-electron chi connectivity index (χ2n) is 8.48. The molecule has 1 saturated heterocycles. The van der Waals surface area contributed by atoms with Crippen LogP contribution in [0.1, 0.15) is 32.9 Å². The first-order chi connectivity index (χ1) is 17.3. The molecule has 1 aromatic heterocycles. The Bertz CT molecular complexity index is 1250. The molecule has 2 heterocycles. The van der Waals surface area contributed by atoms with E-state index in [2.05, 4.69) is 51.2 Å². The van der Waals surface area contributed by atoms with Crippen LogP contribution < -0.4 is 0 Å². The maximum absolute atomic E-state index is 13.2. The van der Waals surface area contributed by atoms with E-state index in [9.17, 15) is 4.79 Å². The fourth-order valence-electron chi connectivity index (χ4n) is 4.19. The molecular weight excluding hydrogens is 456 g/mol. The first-order valence-electron chi connectivity index (χ1n) is 11.9. The summed E-state index contributed by atoms with van der Waals surface area (Å²) >= 11 is 1.62. The molecule has 0 saturated carbocycles. The molecule has 6 nitrogen and oxygen atoms in total. The lowest BCUT2D eigenvalue weighted by Gasteiger charge is -2.27. The standard InChI is InChI=1S/C28H28N4O2S/c33-27(31-15-17-34-18-16-31)25-14-8-7-13-24(25)21-35-28-30-29-26(19-22-9-3-1-4-10-22)32(28)20-23-11-5-2-6-12-23/h1-14H,15-21H2. The quantitative estimate of drug-likeness (QED) is 0.340. The van der Waals surface area contributed by atoms with Crippen molar-refractivity contribution < 1.29 is 9.53 Å². The zero-order valence-corrected chi connectivity index (χ0v) is 20.4. The van der Waals surface area contributed by atoms with Crippen LogP contribution in [0.25, 0.3) is 0 Å². The second-order valence-corrected chi connectivity index (χ2v) is 9.43. The zero-order chi connectivity index (χ0) is 23.9. The van der Waals surface area contributed by atoms with Crippen LogP contribution in [0.2, 0.25) is 0 Å². The summed E-state index contributed by atoms with van der Waals surface area (Å²) in [7, 11) is 0. The Morgan fingerprint density at radius 3 is 2.23 bits per heavy atom. The van der Waals surface area contributed by atoms with Gasteiger partial charge in [-0.05, 0) is 22.8 Å². The predicted octanol–water partition coefficient (Wildman–Crippen LogP) is 4.68. The molecule has 0 spiro atoms. The van der Waals surface area contributed by atoms with Crippen LogP contribution in [0.4, 0.5) is 0 Å². The number of hydrogen-bond acceptors (Lipinski definition) is 5. The number of nitrogens with zero attached hydrogens (tertiary/aromatic N) is 4. The molecule has 0 N–H and O–H groups in total. The number of ether oxygens (including phenoxy) is 1. The van der Waals surface area contributed by atoms with Crippen LogP contribution in [-0.4, -0.2) is 51.9 Å². The highest BCUT2D eigenvalue weighted by Crippen LogP contribution is 2.26. The van der Waals surface area contributed by atoms with Crippen molar-refractivity contribution in [1.29, 1.82) is 0 Å². The van der Waals surface area contributed by atoms with E-state index >= 15 is 0 Å². The van der Waals surface area contributed by atoms with E-state index in [1.54, 1.807) is 11.8 Å². The van der Waals surface area contributed by atoms with Gasteiger partial charge in [0.2, 0.25) is 0 Å². The van der Waals surface area contributed by atoms with Gasteiger partial charge in [0, 0.05) is 30.8 Å². The molecule has 4 aromatic rings. The van der Waals surface area contributed by atoms with E-state index in [0.717, 1.165) is 22.1 Å². The number of carbonyl (C=O) groups excluding carboxylic acids is 1. The summed E-state index contributed by atoms with van der Waals surface area (Å²) in [5.41, 5.74) is 4.16. The highest BCUT2D eigenvalue weighted by atomic mass is 32.2. The SMILES string of the molecule is O=C(c1ccccc1CSc1nnc(Cc2ccccc2)n1Cc1ccccc1)N1CCOCC1. The minimum atomic E-state index is 0.0695. The van der Waals surface area contributed by atoms with E-state index in [0.29, 0.717) is 45.0 Å². The van der Waals surface area contributed by atoms with Crippen LogP contribution in [0.3, 0.4) is 0 Å². The first kappa shape index (κ1) is 23.3. The highest BCUT2D eigenvalue weighted by molar-refractivity contribution is 7.98. The van der Waals surface area contributed by atoms with Crippen molar-refractivity contribution in [3.05, 3.63) is 113 Å². The Labute approximate surface area is 210 Å². The minimum Gasteiger partial charge on any atom is -0.378 e. The molecule has 1 fully saturated rings. The third kappa shape index (κ3) is 5.81. The zero-order valence-electron chi connectivity index (χ0n) is 19.5. The molecule has 7 heteroatoms. The molecule has 0 radical (unpaired) electrons. The van der Waals surface area contributed by atoms with Gasteiger partial charge in [0.1, 0.15) is 5.82 Å². The Hall–Kier alpha value is -3.42. The van der Waals surface area contributed by atoms with Gasteiger partial charge in [0.25, 0.3) is 5.91 Å². The van der Waals surface area contributed by atoms with Gasteiger partial charge in [-0.15, -0.1) is 10.2 Å². The lowest BCUT2D eigenvalue weighted by atomic mass is 10.1. The topological polar surface area (TPSA) is 60.2 Å². The normalized spacial score (nSPS) is 13.7. The number of thioether (sulfide) groups is 1. The summed E-state index contributed by atoms with van der Waals surface area (Å²) in [4.78, 5) is 15.1. The molecule has 178 valence electrons. The lowest BCUT2D eigenvalue weighted by molar-refractivity contribution is 0.0302. The third-order valence-corrected chi connectivity index (χ3v) is 7.10. The fraction of sp³-hybridized carbons (Fsp3) is 0.250. The Kier molecular flexibility index (Phi) is 7.56. The summed E-state index contributed by atoms with van der Waals surface area (Å²) < 4.78 is 7.61. The van der Waals surface area contributed by atoms with E-state index in [4.69, 9.17) is 4.74 Å². The highest BCUT2D eigenvalue weighted by Gasteiger charge is 2.21. The van der Waals surface area contributed by atoms with Crippen molar-refractivity contribution >= 4 is 17.7 Å². The van der Waals surface area contributed by atoms with E-state index in [1.807, 2.05) is 53.4 Å². The minimum absolute atomic E-state index is 0.0695. The molecule has 3 aromatic carbocycles. The maximum atomic E-state index is 13.2. The molecular formula is C28H28N4O2S. The van der Waals surface area contributed by atoms with E-state index in [-0.39, 0.29) is 5.91 Å².